The molecular weight excluding hydrogens is 383 g/mol. The second-order valence-electron chi connectivity index (χ2n) is 7.93. The highest BCUT2D eigenvalue weighted by Gasteiger charge is 2.32. The molecule has 2 amide bonds. The van der Waals surface area contributed by atoms with Crippen molar-refractivity contribution in [3.8, 4) is 5.75 Å². The quantitative estimate of drug-likeness (QED) is 0.768. The Morgan fingerprint density at radius 1 is 1.17 bits per heavy atom. The van der Waals surface area contributed by atoms with Crippen molar-refractivity contribution < 1.29 is 18.7 Å². The molecule has 2 aromatic rings. The van der Waals surface area contributed by atoms with E-state index in [1.165, 1.54) is 23.5 Å². The summed E-state index contributed by atoms with van der Waals surface area (Å²) in [6.45, 7) is 2.03. The van der Waals surface area contributed by atoms with Gasteiger partial charge in [0.25, 0.3) is 5.91 Å². The summed E-state index contributed by atoms with van der Waals surface area (Å²) in [5.41, 5.74) is 0.778. The molecule has 0 unspecified atom stereocenters. The van der Waals surface area contributed by atoms with Crippen LogP contribution in [0.15, 0.2) is 54.3 Å². The van der Waals surface area contributed by atoms with Crippen LogP contribution in [0.2, 0.25) is 0 Å². The number of halogens is 1. The molecule has 1 fully saturated rings. The molecule has 0 saturated heterocycles. The number of hydrogen-bond acceptors (Lipinski definition) is 3. The molecule has 5 nitrogen and oxygen atoms in total. The number of benzene rings is 2. The second kappa shape index (κ2) is 8.69. The van der Waals surface area contributed by atoms with Crippen LogP contribution in [0.1, 0.15) is 38.2 Å². The van der Waals surface area contributed by atoms with E-state index in [1.54, 1.807) is 42.5 Å². The first-order valence-electron chi connectivity index (χ1n) is 10.4. The van der Waals surface area contributed by atoms with Crippen LogP contribution in [0, 0.1) is 11.7 Å². The molecule has 0 radical (unpaired) electrons. The highest BCUT2D eigenvalue weighted by atomic mass is 19.1. The van der Waals surface area contributed by atoms with Gasteiger partial charge in [-0.15, -0.1) is 0 Å². The molecular formula is C24H25FN2O3. The van der Waals surface area contributed by atoms with Gasteiger partial charge in [-0.2, -0.15) is 0 Å². The zero-order valence-corrected chi connectivity index (χ0v) is 16.9. The Bertz CT molecular complexity index is 988. The van der Waals surface area contributed by atoms with Crippen molar-refractivity contribution in [3.05, 3.63) is 65.7 Å². The number of nitrogens with one attached hydrogen (secondary N) is 1. The zero-order chi connectivity index (χ0) is 21.1. The molecule has 2 aromatic carbocycles. The number of para-hydroxylation sites is 2. The van der Waals surface area contributed by atoms with Gasteiger partial charge in [0.05, 0.1) is 5.69 Å². The van der Waals surface area contributed by atoms with Crippen molar-refractivity contribution in [2.45, 2.75) is 38.6 Å². The minimum absolute atomic E-state index is 0.0161. The number of amides is 2. The second-order valence-corrected chi connectivity index (χ2v) is 7.93. The van der Waals surface area contributed by atoms with Gasteiger partial charge in [0.1, 0.15) is 12.4 Å². The zero-order valence-electron chi connectivity index (χ0n) is 16.9. The number of anilines is 1. The molecule has 0 bridgehead atoms. The predicted octanol–water partition coefficient (Wildman–Crippen LogP) is 4.29. The Morgan fingerprint density at radius 3 is 2.70 bits per heavy atom. The summed E-state index contributed by atoms with van der Waals surface area (Å²) in [5, 5.41) is 3.09. The SMILES string of the molecule is C[C@H]1CCCC[C@H]1NC(=O)CN1C(=O)/C(=C/c2ccccc2F)Oc2ccccc21. The van der Waals surface area contributed by atoms with Crippen molar-refractivity contribution in [1.82, 2.24) is 5.32 Å². The number of carbonyl (C=O) groups excluding carboxylic acids is 2. The molecule has 1 aliphatic carbocycles. The first kappa shape index (κ1) is 20.1. The molecule has 6 heteroatoms. The third-order valence-electron chi connectivity index (χ3n) is 5.78. The molecule has 1 saturated carbocycles. The number of nitrogens with zero attached hydrogens (tertiary/aromatic N) is 1. The van der Waals surface area contributed by atoms with Gasteiger partial charge >= 0.3 is 0 Å². The molecule has 156 valence electrons. The summed E-state index contributed by atoms with van der Waals surface area (Å²) < 4.78 is 19.8. The number of fused-ring (bicyclic) bond motifs is 1. The summed E-state index contributed by atoms with van der Waals surface area (Å²) in [4.78, 5) is 27.3. The molecule has 1 heterocycles. The van der Waals surface area contributed by atoms with E-state index in [1.807, 2.05) is 0 Å². The van der Waals surface area contributed by atoms with Gasteiger partial charge in [0, 0.05) is 11.6 Å². The van der Waals surface area contributed by atoms with Crippen molar-refractivity contribution in [2.75, 3.05) is 11.4 Å². The minimum Gasteiger partial charge on any atom is -0.449 e. The van der Waals surface area contributed by atoms with Crippen LogP contribution in [0.5, 0.6) is 5.75 Å². The fourth-order valence-electron chi connectivity index (χ4n) is 4.08. The Balaban J connectivity index is 1.58. The number of carbonyl (C=O) groups is 2. The summed E-state index contributed by atoms with van der Waals surface area (Å²) >= 11 is 0. The number of rotatable bonds is 4. The Morgan fingerprint density at radius 2 is 1.90 bits per heavy atom. The first-order chi connectivity index (χ1) is 14.5. The van der Waals surface area contributed by atoms with Crippen LogP contribution >= 0.6 is 0 Å². The molecule has 0 spiro atoms. The lowest BCUT2D eigenvalue weighted by Gasteiger charge is -2.32. The van der Waals surface area contributed by atoms with E-state index in [4.69, 9.17) is 4.74 Å². The van der Waals surface area contributed by atoms with Gasteiger partial charge in [-0.25, -0.2) is 4.39 Å². The lowest BCUT2D eigenvalue weighted by atomic mass is 9.86. The summed E-state index contributed by atoms with van der Waals surface area (Å²) in [6.07, 6.45) is 5.72. The van der Waals surface area contributed by atoms with E-state index in [2.05, 4.69) is 12.2 Å². The summed E-state index contributed by atoms with van der Waals surface area (Å²) in [5.74, 6) is -0.258. The van der Waals surface area contributed by atoms with Gasteiger partial charge in [-0.3, -0.25) is 14.5 Å². The van der Waals surface area contributed by atoms with Crippen LogP contribution in [0.4, 0.5) is 10.1 Å². The highest BCUT2D eigenvalue weighted by Crippen LogP contribution is 2.35. The fraction of sp³-hybridized carbons (Fsp3) is 0.333. The Labute approximate surface area is 175 Å². The molecule has 1 N–H and O–H groups in total. The molecule has 2 aliphatic rings. The van der Waals surface area contributed by atoms with Crippen LogP contribution in [0.25, 0.3) is 6.08 Å². The standard InChI is InChI=1S/C24H25FN2O3/c1-16-8-2-5-11-19(16)26-23(28)15-27-20-12-6-7-13-21(20)30-22(24(27)29)14-17-9-3-4-10-18(17)25/h3-4,6-7,9-10,12-14,16,19H,2,5,8,11,15H2,1H3,(H,26,28)/b22-14-/t16-,19+/m0/s1. The normalized spacial score (nSPS) is 22.4. The van der Waals surface area contributed by atoms with E-state index >= 15 is 0 Å². The monoisotopic (exact) mass is 408 g/mol. The topological polar surface area (TPSA) is 58.6 Å². The molecule has 1 aliphatic heterocycles. The van der Waals surface area contributed by atoms with E-state index in [0.29, 0.717) is 17.4 Å². The van der Waals surface area contributed by atoms with E-state index in [9.17, 15) is 14.0 Å². The maximum absolute atomic E-state index is 14.1. The third-order valence-corrected chi connectivity index (χ3v) is 5.78. The fourth-order valence-corrected chi connectivity index (χ4v) is 4.08. The van der Waals surface area contributed by atoms with Crippen molar-refractivity contribution in [3.63, 3.8) is 0 Å². The van der Waals surface area contributed by atoms with Crippen molar-refractivity contribution in [1.29, 1.82) is 0 Å². The average molecular weight is 408 g/mol. The van der Waals surface area contributed by atoms with E-state index in [0.717, 1.165) is 19.3 Å². The smallest absolute Gasteiger partial charge is 0.294 e. The van der Waals surface area contributed by atoms with Crippen LogP contribution in [-0.4, -0.2) is 24.4 Å². The maximum Gasteiger partial charge on any atom is 0.294 e. The van der Waals surface area contributed by atoms with Crippen LogP contribution < -0.4 is 15.0 Å². The van der Waals surface area contributed by atoms with Crippen LogP contribution in [0.3, 0.4) is 0 Å². The largest absolute Gasteiger partial charge is 0.449 e. The first-order valence-corrected chi connectivity index (χ1v) is 10.4. The number of ether oxygens (including phenoxy) is 1. The maximum atomic E-state index is 14.1. The summed E-state index contributed by atoms with van der Waals surface area (Å²) in [7, 11) is 0. The van der Waals surface area contributed by atoms with Crippen molar-refractivity contribution >= 4 is 23.6 Å². The van der Waals surface area contributed by atoms with Gasteiger partial charge in [-0.05, 0) is 43.0 Å². The van der Waals surface area contributed by atoms with Gasteiger partial charge < -0.3 is 10.1 Å². The van der Waals surface area contributed by atoms with Crippen molar-refractivity contribution in [2.24, 2.45) is 5.92 Å². The molecule has 30 heavy (non-hydrogen) atoms. The highest BCUT2D eigenvalue weighted by molar-refractivity contribution is 6.12. The lowest BCUT2D eigenvalue weighted by Crippen LogP contribution is -2.48. The third kappa shape index (κ3) is 4.22. The molecule has 0 aromatic heterocycles. The van der Waals surface area contributed by atoms with Gasteiger partial charge in [-0.1, -0.05) is 50.1 Å². The van der Waals surface area contributed by atoms with Gasteiger partial charge in [0.2, 0.25) is 5.91 Å². The van der Waals surface area contributed by atoms with E-state index in [-0.39, 0.29) is 29.8 Å². The predicted molar refractivity (Wildman–Crippen MR) is 113 cm³/mol. The Kier molecular flexibility index (Phi) is 5.84. The number of hydrogen-bond donors (Lipinski definition) is 1. The van der Waals surface area contributed by atoms with Gasteiger partial charge in [0.15, 0.2) is 11.5 Å². The van der Waals surface area contributed by atoms with Crippen LogP contribution in [-0.2, 0) is 9.59 Å². The lowest BCUT2D eigenvalue weighted by molar-refractivity contribution is -0.124. The summed E-state index contributed by atoms with van der Waals surface area (Å²) in [6, 6.07) is 13.3. The average Bonchev–Trinajstić information content (AvgIpc) is 2.74. The minimum atomic E-state index is -0.469. The van der Waals surface area contributed by atoms with E-state index < -0.39 is 11.7 Å². The molecule has 4 rings (SSSR count). The Hall–Kier alpha value is -3.15. The molecule has 2 atom stereocenters.